The van der Waals surface area contributed by atoms with Crippen molar-refractivity contribution in [3.63, 3.8) is 0 Å². The van der Waals surface area contributed by atoms with Crippen LogP contribution in [0, 0.1) is 20.8 Å². The predicted molar refractivity (Wildman–Crippen MR) is 124 cm³/mol. The molecule has 2 atom stereocenters. The van der Waals surface area contributed by atoms with Crippen molar-refractivity contribution in [1.29, 1.82) is 0 Å². The van der Waals surface area contributed by atoms with Gasteiger partial charge in [0.1, 0.15) is 11.4 Å². The molecule has 2 heterocycles. The van der Waals surface area contributed by atoms with E-state index in [0.717, 1.165) is 50.5 Å². The Morgan fingerprint density at radius 1 is 1.10 bits per heavy atom. The molecule has 5 nitrogen and oxygen atoms in total. The van der Waals surface area contributed by atoms with Crippen LogP contribution in [0.15, 0.2) is 36.4 Å². The molecule has 31 heavy (non-hydrogen) atoms. The Labute approximate surface area is 186 Å². The van der Waals surface area contributed by atoms with Crippen LogP contribution in [0.1, 0.15) is 47.2 Å². The van der Waals surface area contributed by atoms with Gasteiger partial charge >= 0.3 is 0 Å². The first kappa shape index (κ1) is 21.8. The molecule has 0 saturated carbocycles. The molecule has 1 amide bonds. The number of hydrogen-bond donors (Lipinski definition) is 1. The van der Waals surface area contributed by atoms with E-state index in [1.807, 2.05) is 23.1 Å². The van der Waals surface area contributed by atoms with Crippen LogP contribution in [0.2, 0.25) is 0 Å². The minimum atomic E-state index is -0.453. The number of amides is 1. The fourth-order valence-electron chi connectivity index (χ4n) is 4.97. The van der Waals surface area contributed by atoms with Gasteiger partial charge in [-0.15, -0.1) is 0 Å². The number of rotatable bonds is 5. The lowest BCUT2D eigenvalue weighted by atomic mass is 9.88. The Kier molecular flexibility index (Phi) is 6.09. The quantitative estimate of drug-likeness (QED) is 0.802. The van der Waals surface area contributed by atoms with Gasteiger partial charge in [-0.3, -0.25) is 9.69 Å². The molecule has 166 valence electrons. The van der Waals surface area contributed by atoms with E-state index in [0.29, 0.717) is 6.42 Å². The molecule has 2 N–H and O–H groups in total. The van der Waals surface area contributed by atoms with Gasteiger partial charge in [0.05, 0.1) is 6.04 Å². The van der Waals surface area contributed by atoms with E-state index >= 15 is 0 Å². The number of nitrogens with two attached hydrogens (primary N) is 1. The summed E-state index contributed by atoms with van der Waals surface area (Å²) in [5.74, 6) is 1.22. The largest absolute Gasteiger partial charge is 0.484 e. The number of carbonyl (C=O) groups excluding carboxylic acids is 1. The first-order chi connectivity index (χ1) is 14.8. The molecule has 0 spiro atoms. The Balaban J connectivity index is 1.33. The molecule has 0 aromatic heterocycles. The summed E-state index contributed by atoms with van der Waals surface area (Å²) < 4.78 is 6.52. The predicted octanol–water partition coefficient (Wildman–Crippen LogP) is 3.54. The van der Waals surface area contributed by atoms with Crippen LogP contribution >= 0.6 is 0 Å². The monoisotopic (exact) mass is 421 g/mol. The zero-order valence-corrected chi connectivity index (χ0v) is 19.3. The lowest BCUT2D eigenvalue weighted by molar-refractivity contribution is -0.133. The maximum atomic E-state index is 12.7. The first-order valence-electron chi connectivity index (χ1n) is 11.4. The number of benzene rings is 2. The topological polar surface area (TPSA) is 58.8 Å². The van der Waals surface area contributed by atoms with Crippen molar-refractivity contribution in [3.8, 4) is 5.75 Å². The second-order valence-corrected chi connectivity index (χ2v) is 9.41. The van der Waals surface area contributed by atoms with Crippen LogP contribution in [-0.2, 0) is 11.2 Å². The van der Waals surface area contributed by atoms with E-state index in [1.54, 1.807) is 0 Å². The van der Waals surface area contributed by atoms with Crippen LogP contribution in [0.3, 0.4) is 0 Å². The number of ether oxygens (including phenoxy) is 1. The summed E-state index contributed by atoms with van der Waals surface area (Å²) in [4.78, 5) is 17.1. The molecule has 2 unspecified atom stereocenters. The van der Waals surface area contributed by atoms with E-state index in [-0.39, 0.29) is 11.9 Å². The second-order valence-electron chi connectivity index (χ2n) is 9.41. The fraction of sp³-hybridized carbons (Fsp3) is 0.500. The van der Waals surface area contributed by atoms with Gasteiger partial charge in [0.25, 0.3) is 0 Å². The zero-order chi connectivity index (χ0) is 22.2. The Morgan fingerprint density at radius 3 is 2.45 bits per heavy atom. The highest BCUT2D eigenvalue weighted by molar-refractivity contribution is 5.76. The number of nitrogens with zero attached hydrogens (tertiary/aromatic N) is 2. The highest BCUT2D eigenvalue weighted by Gasteiger charge is 2.46. The molecular formula is C26H35N3O2. The molecule has 2 aromatic carbocycles. The Morgan fingerprint density at radius 2 is 1.77 bits per heavy atom. The van der Waals surface area contributed by atoms with Gasteiger partial charge in [-0.1, -0.05) is 36.4 Å². The summed E-state index contributed by atoms with van der Waals surface area (Å²) in [6.07, 6.45) is 1.37. The average Bonchev–Trinajstić information content (AvgIpc) is 3.03. The minimum absolute atomic E-state index is 0.146. The van der Waals surface area contributed by atoms with Gasteiger partial charge in [-0.25, -0.2) is 0 Å². The van der Waals surface area contributed by atoms with Gasteiger partial charge in [0.2, 0.25) is 5.91 Å². The standard InChI is InChI=1S/C26H35N3O2/c1-18-16-19(2)23-24(20(18)3)31-26(4,25(23)27)17-28-12-14-29(15-13-28)22(30)11-10-21-8-6-5-7-9-21/h5-9,16,25H,10-15,17,27H2,1-4H3. The van der Waals surface area contributed by atoms with E-state index in [1.165, 1.54) is 22.3 Å². The molecule has 1 fully saturated rings. The van der Waals surface area contributed by atoms with Crippen LogP contribution in [-0.4, -0.2) is 54.0 Å². The molecule has 0 aliphatic carbocycles. The third kappa shape index (κ3) is 4.35. The molecule has 0 bridgehead atoms. The van der Waals surface area contributed by atoms with Gasteiger partial charge in [0, 0.05) is 44.7 Å². The van der Waals surface area contributed by atoms with E-state index in [4.69, 9.17) is 10.5 Å². The van der Waals surface area contributed by atoms with Gasteiger partial charge in [-0.05, 0) is 56.4 Å². The van der Waals surface area contributed by atoms with Crippen molar-refractivity contribution in [2.24, 2.45) is 5.73 Å². The number of fused-ring (bicyclic) bond motifs is 1. The summed E-state index contributed by atoms with van der Waals surface area (Å²) in [5.41, 5.74) is 12.3. The van der Waals surface area contributed by atoms with Crippen LogP contribution in [0.4, 0.5) is 0 Å². The van der Waals surface area contributed by atoms with E-state index in [2.05, 4.69) is 50.8 Å². The van der Waals surface area contributed by atoms with Gasteiger partial charge < -0.3 is 15.4 Å². The second kappa shape index (κ2) is 8.64. The van der Waals surface area contributed by atoms with Crippen LogP contribution in [0.5, 0.6) is 5.75 Å². The summed E-state index contributed by atoms with van der Waals surface area (Å²) in [6.45, 7) is 12.5. The SMILES string of the molecule is Cc1cc(C)c2c(c1C)OC(C)(CN1CCN(C(=O)CCc3ccccc3)CC1)C2N. The Bertz CT molecular complexity index is 951. The summed E-state index contributed by atoms with van der Waals surface area (Å²) in [7, 11) is 0. The van der Waals surface area contributed by atoms with Gasteiger partial charge in [0.15, 0.2) is 0 Å². The Hall–Kier alpha value is -2.37. The molecule has 4 rings (SSSR count). The molecule has 2 aliphatic rings. The van der Waals surface area contributed by atoms with Crippen LogP contribution in [0.25, 0.3) is 0 Å². The molecular weight excluding hydrogens is 386 g/mol. The highest BCUT2D eigenvalue weighted by atomic mass is 16.5. The van der Waals surface area contributed by atoms with Crippen LogP contribution < -0.4 is 10.5 Å². The summed E-state index contributed by atoms with van der Waals surface area (Å²) >= 11 is 0. The van der Waals surface area contributed by atoms with Gasteiger partial charge in [-0.2, -0.15) is 0 Å². The summed E-state index contributed by atoms with van der Waals surface area (Å²) in [5, 5.41) is 0. The van der Waals surface area contributed by atoms with Crippen molar-refractivity contribution in [1.82, 2.24) is 9.80 Å². The highest BCUT2D eigenvalue weighted by Crippen LogP contribution is 2.46. The molecule has 0 radical (unpaired) electrons. The molecule has 2 aromatic rings. The third-order valence-corrected chi connectivity index (χ3v) is 7.07. The van der Waals surface area contributed by atoms with E-state index < -0.39 is 5.60 Å². The number of aryl methyl sites for hydroxylation is 3. The average molecular weight is 422 g/mol. The molecule has 2 aliphatic heterocycles. The minimum Gasteiger partial charge on any atom is -0.484 e. The lowest BCUT2D eigenvalue weighted by Crippen LogP contribution is -2.55. The summed E-state index contributed by atoms with van der Waals surface area (Å²) in [6, 6.07) is 12.3. The number of hydrogen-bond acceptors (Lipinski definition) is 4. The number of carbonyl (C=O) groups is 1. The third-order valence-electron chi connectivity index (χ3n) is 7.07. The maximum Gasteiger partial charge on any atom is 0.222 e. The van der Waals surface area contributed by atoms with Crippen molar-refractivity contribution < 1.29 is 9.53 Å². The smallest absolute Gasteiger partial charge is 0.222 e. The van der Waals surface area contributed by atoms with Crippen molar-refractivity contribution in [2.45, 2.75) is 52.2 Å². The van der Waals surface area contributed by atoms with E-state index in [9.17, 15) is 4.79 Å². The molecule has 5 heteroatoms. The lowest BCUT2D eigenvalue weighted by Gasteiger charge is -2.40. The zero-order valence-electron chi connectivity index (χ0n) is 19.3. The number of piperazine rings is 1. The normalized spacial score (nSPS) is 23.5. The van der Waals surface area contributed by atoms with Crippen molar-refractivity contribution >= 4 is 5.91 Å². The maximum absolute atomic E-state index is 12.7. The first-order valence-corrected chi connectivity index (χ1v) is 11.4. The fourth-order valence-corrected chi connectivity index (χ4v) is 4.97. The molecule has 1 saturated heterocycles. The van der Waals surface area contributed by atoms with Crippen molar-refractivity contribution in [3.05, 3.63) is 64.2 Å². The van der Waals surface area contributed by atoms with Crippen molar-refractivity contribution in [2.75, 3.05) is 32.7 Å².